The molecule has 1 N–H and O–H groups in total. The molecule has 0 aliphatic rings. The number of nitriles is 1. The van der Waals surface area contributed by atoms with Crippen LogP contribution in [0.2, 0.25) is 5.02 Å². The van der Waals surface area contributed by atoms with Crippen molar-refractivity contribution in [2.24, 2.45) is 0 Å². The molecule has 0 amide bonds. The number of carboxylic acids is 1. The molecule has 0 aliphatic carbocycles. The third-order valence-electron chi connectivity index (χ3n) is 2.50. The molecule has 0 radical (unpaired) electrons. The van der Waals surface area contributed by atoms with E-state index in [1.165, 1.54) is 4.68 Å². The van der Waals surface area contributed by atoms with Gasteiger partial charge in [0.1, 0.15) is 6.54 Å². The maximum atomic E-state index is 11.0. The molecule has 0 fully saturated rings. The van der Waals surface area contributed by atoms with Crippen LogP contribution in [0.3, 0.4) is 0 Å². The molecule has 7 heteroatoms. The van der Waals surface area contributed by atoms with Crippen LogP contribution in [0.5, 0.6) is 0 Å². The van der Waals surface area contributed by atoms with Crippen LogP contribution in [0.1, 0.15) is 21.7 Å². The molecule has 0 saturated heterocycles. The van der Waals surface area contributed by atoms with E-state index in [2.05, 4.69) is 10.3 Å². The molecule has 0 bridgehead atoms. The van der Waals surface area contributed by atoms with Crippen molar-refractivity contribution < 1.29 is 9.90 Å². The maximum absolute atomic E-state index is 11.0. The Kier molecular flexibility index (Phi) is 4.13. The van der Waals surface area contributed by atoms with Crippen molar-refractivity contribution in [2.45, 2.75) is 6.54 Å². The third-order valence-corrected chi connectivity index (χ3v) is 2.75. The Morgan fingerprint density at radius 3 is 2.70 bits per heavy atom. The van der Waals surface area contributed by atoms with Crippen molar-refractivity contribution in [3.8, 4) is 6.07 Å². The maximum Gasteiger partial charge on any atom is 0.358 e. The van der Waals surface area contributed by atoms with Crippen molar-refractivity contribution in [2.75, 3.05) is 0 Å². The average Bonchev–Trinajstić information content (AvgIpc) is 2.82. The van der Waals surface area contributed by atoms with Gasteiger partial charge in [-0.3, -0.25) is 0 Å². The van der Waals surface area contributed by atoms with Crippen LogP contribution in [0, 0.1) is 11.3 Å². The molecule has 2 aromatic rings. The number of carboxylic acid groups (broad SMARTS) is 1. The van der Waals surface area contributed by atoms with E-state index in [1.807, 2.05) is 6.07 Å². The lowest BCUT2D eigenvalue weighted by Crippen LogP contribution is -2.03. The van der Waals surface area contributed by atoms with Gasteiger partial charge in [-0.25, -0.2) is 9.48 Å². The topological polar surface area (TPSA) is 91.8 Å². The summed E-state index contributed by atoms with van der Waals surface area (Å²) < 4.78 is 1.23. The zero-order valence-electron chi connectivity index (χ0n) is 10.2. The highest BCUT2D eigenvalue weighted by molar-refractivity contribution is 6.30. The Labute approximate surface area is 119 Å². The lowest BCUT2D eigenvalue weighted by molar-refractivity contribution is 0.0690. The number of halogens is 1. The number of nitrogens with zero attached hydrogens (tertiary/aromatic N) is 4. The molecular formula is C13H9ClN4O2. The smallest absolute Gasteiger partial charge is 0.358 e. The molecule has 1 aromatic heterocycles. The van der Waals surface area contributed by atoms with Gasteiger partial charge in [-0.15, -0.1) is 5.10 Å². The summed E-state index contributed by atoms with van der Waals surface area (Å²) in [4.78, 5) is 11.0. The highest BCUT2D eigenvalue weighted by Gasteiger charge is 2.16. The van der Waals surface area contributed by atoms with E-state index in [1.54, 1.807) is 36.4 Å². The lowest BCUT2D eigenvalue weighted by atomic mass is 10.2. The van der Waals surface area contributed by atoms with Gasteiger partial charge < -0.3 is 5.11 Å². The highest BCUT2D eigenvalue weighted by Crippen LogP contribution is 2.14. The first-order chi connectivity index (χ1) is 9.61. The number of aromatic carboxylic acids is 1. The van der Waals surface area contributed by atoms with Gasteiger partial charge in [-0.05, 0) is 23.8 Å². The van der Waals surface area contributed by atoms with Gasteiger partial charge >= 0.3 is 5.97 Å². The Morgan fingerprint density at radius 2 is 2.10 bits per heavy atom. The summed E-state index contributed by atoms with van der Waals surface area (Å²) in [6.07, 6.45) is 3.26. The first kappa shape index (κ1) is 13.8. The molecule has 0 unspecified atom stereocenters. The van der Waals surface area contributed by atoms with Crippen molar-refractivity contribution in [3.05, 3.63) is 46.2 Å². The molecule has 0 saturated carbocycles. The predicted octanol–water partition coefficient (Wildman–Crippen LogP) is 2.32. The number of aromatic nitrogens is 3. The Balaban J connectivity index is 2.36. The minimum atomic E-state index is -1.19. The SMILES string of the molecule is N#CCn1nnc(C(=O)O)c1/C=C/c1ccc(Cl)cc1. The number of hydrogen-bond acceptors (Lipinski definition) is 4. The summed E-state index contributed by atoms with van der Waals surface area (Å²) in [6.45, 7) is -0.0689. The second-order valence-corrected chi connectivity index (χ2v) is 4.27. The molecule has 0 aliphatic heterocycles. The first-order valence-corrected chi connectivity index (χ1v) is 5.97. The normalized spacial score (nSPS) is 10.6. The van der Waals surface area contributed by atoms with Crippen LogP contribution in [0.4, 0.5) is 0 Å². The van der Waals surface area contributed by atoms with Crippen LogP contribution in [0.15, 0.2) is 24.3 Å². The summed E-state index contributed by atoms with van der Waals surface area (Å²) in [7, 11) is 0. The van der Waals surface area contributed by atoms with Crippen molar-refractivity contribution in [1.29, 1.82) is 5.26 Å². The van der Waals surface area contributed by atoms with Crippen LogP contribution in [-0.2, 0) is 6.54 Å². The number of hydrogen-bond donors (Lipinski definition) is 1. The summed E-state index contributed by atoms with van der Waals surface area (Å²) in [6, 6.07) is 8.93. The third kappa shape index (κ3) is 3.02. The molecule has 2 rings (SSSR count). The number of benzene rings is 1. The molecule has 0 atom stereocenters. The number of rotatable bonds is 4. The molecule has 6 nitrogen and oxygen atoms in total. The largest absolute Gasteiger partial charge is 0.476 e. The van der Waals surface area contributed by atoms with E-state index in [0.29, 0.717) is 5.02 Å². The van der Waals surface area contributed by atoms with E-state index >= 15 is 0 Å². The van der Waals surface area contributed by atoms with Gasteiger partial charge in [0.05, 0.1) is 11.8 Å². The van der Waals surface area contributed by atoms with Crippen molar-refractivity contribution in [1.82, 2.24) is 15.0 Å². The molecule has 1 heterocycles. The summed E-state index contributed by atoms with van der Waals surface area (Å²) in [5.41, 5.74) is 0.926. The van der Waals surface area contributed by atoms with Gasteiger partial charge in [-0.1, -0.05) is 35.0 Å². The Morgan fingerprint density at radius 1 is 1.40 bits per heavy atom. The van der Waals surface area contributed by atoms with Crippen LogP contribution in [-0.4, -0.2) is 26.1 Å². The monoisotopic (exact) mass is 288 g/mol. The van der Waals surface area contributed by atoms with E-state index in [9.17, 15) is 4.79 Å². The Hall–Kier alpha value is -2.65. The number of carbonyl (C=O) groups is 1. The van der Waals surface area contributed by atoms with Gasteiger partial charge in [0.2, 0.25) is 0 Å². The second kappa shape index (κ2) is 5.99. The van der Waals surface area contributed by atoms with Crippen molar-refractivity contribution in [3.63, 3.8) is 0 Å². The Bertz CT molecular complexity index is 698. The van der Waals surface area contributed by atoms with Crippen LogP contribution < -0.4 is 0 Å². The molecule has 100 valence electrons. The zero-order valence-corrected chi connectivity index (χ0v) is 10.9. The summed E-state index contributed by atoms with van der Waals surface area (Å²) in [5, 5.41) is 25.5. The second-order valence-electron chi connectivity index (χ2n) is 3.83. The van der Waals surface area contributed by atoms with Crippen LogP contribution in [0.25, 0.3) is 12.2 Å². The molecule has 20 heavy (non-hydrogen) atoms. The lowest BCUT2D eigenvalue weighted by Gasteiger charge is -1.98. The van der Waals surface area contributed by atoms with Gasteiger partial charge in [0.15, 0.2) is 5.69 Å². The van der Waals surface area contributed by atoms with Crippen LogP contribution >= 0.6 is 11.6 Å². The minimum absolute atomic E-state index is 0.0689. The van der Waals surface area contributed by atoms with E-state index in [0.717, 1.165) is 5.56 Å². The standard InChI is InChI=1S/C13H9ClN4O2/c14-10-4-1-9(2-5-10)3-6-11-12(13(19)20)16-17-18(11)8-7-15/h1-6H,8H2,(H,19,20)/b6-3+. The highest BCUT2D eigenvalue weighted by atomic mass is 35.5. The van der Waals surface area contributed by atoms with Gasteiger partial charge in [0.25, 0.3) is 0 Å². The summed E-state index contributed by atoms with van der Waals surface area (Å²) in [5.74, 6) is -1.19. The fourth-order valence-corrected chi connectivity index (χ4v) is 1.70. The van der Waals surface area contributed by atoms with Gasteiger partial charge in [0, 0.05) is 5.02 Å². The fraction of sp³-hybridized carbons (Fsp3) is 0.0769. The molecular weight excluding hydrogens is 280 g/mol. The first-order valence-electron chi connectivity index (χ1n) is 5.59. The zero-order chi connectivity index (χ0) is 14.5. The van der Waals surface area contributed by atoms with Crippen molar-refractivity contribution >= 4 is 29.7 Å². The minimum Gasteiger partial charge on any atom is -0.476 e. The quantitative estimate of drug-likeness (QED) is 0.932. The van der Waals surface area contributed by atoms with E-state index < -0.39 is 5.97 Å². The van der Waals surface area contributed by atoms with E-state index in [4.69, 9.17) is 22.0 Å². The van der Waals surface area contributed by atoms with E-state index in [-0.39, 0.29) is 17.9 Å². The van der Waals surface area contributed by atoms with Gasteiger partial charge in [-0.2, -0.15) is 5.26 Å². The predicted molar refractivity (Wildman–Crippen MR) is 73.0 cm³/mol. The average molecular weight is 289 g/mol. The molecule has 0 spiro atoms. The molecule has 1 aromatic carbocycles. The fourth-order valence-electron chi connectivity index (χ4n) is 1.57. The summed E-state index contributed by atoms with van der Waals surface area (Å²) >= 11 is 5.78.